The van der Waals surface area contributed by atoms with Crippen molar-refractivity contribution in [3.05, 3.63) is 59.7 Å². The molecule has 0 aliphatic carbocycles. The third-order valence-corrected chi connectivity index (χ3v) is 6.95. The molecule has 0 spiro atoms. The first-order valence-electron chi connectivity index (χ1n) is 9.02. The van der Waals surface area contributed by atoms with E-state index in [1.807, 2.05) is 25.1 Å². The van der Waals surface area contributed by atoms with Gasteiger partial charge in [0.15, 0.2) is 9.84 Å². The zero-order valence-electron chi connectivity index (χ0n) is 15.2. The van der Waals surface area contributed by atoms with Crippen molar-refractivity contribution in [2.45, 2.75) is 25.6 Å². The van der Waals surface area contributed by atoms with E-state index in [-0.39, 0.29) is 29.5 Å². The van der Waals surface area contributed by atoms with E-state index in [2.05, 4.69) is 14.9 Å². The van der Waals surface area contributed by atoms with Gasteiger partial charge in [-0.2, -0.15) is 0 Å². The van der Waals surface area contributed by atoms with Gasteiger partial charge in [-0.15, -0.1) is 0 Å². The molecule has 2 aromatic rings. The molecule has 0 radical (unpaired) electrons. The Labute approximate surface area is 159 Å². The van der Waals surface area contributed by atoms with Crippen LogP contribution < -0.4 is 0 Å². The van der Waals surface area contributed by atoms with E-state index in [0.717, 1.165) is 11.4 Å². The third-order valence-electron chi connectivity index (χ3n) is 5.25. The van der Waals surface area contributed by atoms with Crippen LogP contribution in [0.25, 0.3) is 0 Å². The van der Waals surface area contributed by atoms with E-state index in [4.69, 9.17) is 0 Å². The Morgan fingerprint density at radius 1 is 1.11 bits per heavy atom. The number of carbonyl (C=O) groups excluding carboxylic acids is 1. The maximum atomic E-state index is 12.9. The van der Waals surface area contributed by atoms with Gasteiger partial charge in [-0.1, -0.05) is 12.1 Å². The second-order valence-corrected chi connectivity index (χ2v) is 9.32. The van der Waals surface area contributed by atoms with Gasteiger partial charge in [0.05, 0.1) is 23.2 Å². The maximum absolute atomic E-state index is 12.9. The number of rotatable bonds is 3. The Bertz CT molecular complexity index is 948. The fourth-order valence-corrected chi connectivity index (χ4v) is 6.02. The number of aromatic nitrogens is 2. The molecule has 2 aromatic heterocycles. The van der Waals surface area contributed by atoms with Crippen LogP contribution in [0, 0.1) is 6.92 Å². The average Bonchev–Trinajstić information content (AvgIpc) is 2.98. The minimum Gasteiger partial charge on any atom is -0.330 e. The monoisotopic (exact) mass is 386 g/mol. The number of sulfone groups is 1. The van der Waals surface area contributed by atoms with Crippen LogP contribution in [0.5, 0.6) is 0 Å². The van der Waals surface area contributed by atoms with Gasteiger partial charge in [0.1, 0.15) is 5.69 Å². The number of hydrogen-bond donors (Lipinski definition) is 0. The number of amides is 1. The Morgan fingerprint density at radius 2 is 1.93 bits per heavy atom. The number of nitrogens with zero attached hydrogens (tertiary/aromatic N) is 4. The summed E-state index contributed by atoms with van der Waals surface area (Å²) in [4.78, 5) is 25.4. The molecule has 0 aromatic carbocycles. The number of carbonyl (C=O) groups is 1. The van der Waals surface area contributed by atoms with Crippen LogP contribution in [0.3, 0.4) is 0 Å². The summed E-state index contributed by atoms with van der Waals surface area (Å²) in [6.07, 6.45) is 1.58. The predicted molar refractivity (Wildman–Crippen MR) is 101 cm³/mol. The van der Waals surface area contributed by atoms with Crippen molar-refractivity contribution in [3.8, 4) is 0 Å². The van der Waals surface area contributed by atoms with Gasteiger partial charge in [0.25, 0.3) is 5.91 Å². The first kappa shape index (κ1) is 18.1. The normalized spacial score (nSPS) is 24.6. The highest BCUT2D eigenvalue weighted by atomic mass is 32.2. The Kier molecular flexibility index (Phi) is 4.69. The van der Waals surface area contributed by atoms with Gasteiger partial charge in [0, 0.05) is 37.6 Å². The van der Waals surface area contributed by atoms with Crippen LogP contribution in [0.15, 0.2) is 42.6 Å². The molecule has 2 aliphatic rings. The molecule has 1 amide bonds. The van der Waals surface area contributed by atoms with Crippen LogP contribution in [0.1, 0.15) is 21.9 Å². The minimum atomic E-state index is -3.19. The third kappa shape index (κ3) is 3.72. The SMILES string of the molecule is Cc1cccc(CN2CCN(C(=O)c3ccccn3)C3CS(=O)(=O)CC32)n1. The Balaban J connectivity index is 1.59. The number of fused-ring (bicyclic) bond motifs is 1. The molecule has 2 saturated heterocycles. The second-order valence-electron chi connectivity index (χ2n) is 7.17. The highest BCUT2D eigenvalue weighted by Gasteiger charge is 2.48. The number of hydrogen-bond acceptors (Lipinski definition) is 6. The van der Waals surface area contributed by atoms with E-state index in [1.165, 1.54) is 0 Å². The van der Waals surface area contributed by atoms with E-state index in [1.54, 1.807) is 29.3 Å². The lowest BCUT2D eigenvalue weighted by Crippen LogP contribution is -2.60. The van der Waals surface area contributed by atoms with Gasteiger partial charge in [-0.3, -0.25) is 19.7 Å². The second kappa shape index (κ2) is 7.01. The summed E-state index contributed by atoms with van der Waals surface area (Å²) in [7, 11) is -3.19. The molecule has 2 aliphatic heterocycles. The first-order chi connectivity index (χ1) is 12.9. The average molecular weight is 386 g/mol. The summed E-state index contributed by atoms with van der Waals surface area (Å²) in [5.41, 5.74) is 2.21. The molecule has 4 heterocycles. The fraction of sp³-hybridized carbons (Fsp3) is 0.421. The fourth-order valence-electron chi connectivity index (χ4n) is 4.01. The lowest BCUT2D eigenvalue weighted by atomic mass is 10.0. The molecule has 0 bridgehead atoms. The van der Waals surface area contributed by atoms with Crippen molar-refractivity contribution in [3.63, 3.8) is 0 Å². The smallest absolute Gasteiger partial charge is 0.272 e. The van der Waals surface area contributed by atoms with Crippen molar-refractivity contribution in [2.24, 2.45) is 0 Å². The van der Waals surface area contributed by atoms with Gasteiger partial charge < -0.3 is 4.90 Å². The Hall–Kier alpha value is -2.32. The summed E-state index contributed by atoms with van der Waals surface area (Å²) in [5, 5.41) is 0. The van der Waals surface area contributed by atoms with Crippen LogP contribution in [-0.4, -0.2) is 70.8 Å². The van der Waals surface area contributed by atoms with Gasteiger partial charge in [-0.25, -0.2) is 8.42 Å². The molecule has 8 heteroatoms. The summed E-state index contributed by atoms with van der Waals surface area (Å²) in [5.74, 6) is -0.111. The van der Waals surface area contributed by atoms with Crippen molar-refractivity contribution in [1.29, 1.82) is 0 Å². The minimum absolute atomic E-state index is 0.00792. The molecular weight excluding hydrogens is 364 g/mol. The maximum Gasteiger partial charge on any atom is 0.272 e. The molecule has 2 unspecified atom stereocenters. The molecule has 7 nitrogen and oxygen atoms in total. The van der Waals surface area contributed by atoms with Crippen molar-refractivity contribution in [1.82, 2.24) is 19.8 Å². The molecular formula is C19H22N4O3S. The Morgan fingerprint density at radius 3 is 2.67 bits per heavy atom. The van der Waals surface area contributed by atoms with Crippen molar-refractivity contribution >= 4 is 15.7 Å². The van der Waals surface area contributed by atoms with E-state index in [0.29, 0.717) is 25.3 Å². The van der Waals surface area contributed by atoms with Crippen LogP contribution in [0.4, 0.5) is 0 Å². The number of aryl methyl sites for hydroxylation is 1. The van der Waals surface area contributed by atoms with Crippen LogP contribution >= 0.6 is 0 Å². The molecule has 142 valence electrons. The number of piperazine rings is 1. The summed E-state index contributed by atoms with van der Waals surface area (Å²) in [6, 6.07) is 10.5. The standard InChI is InChI=1S/C19H22N4O3S/c1-14-5-4-6-15(21-14)11-22-9-10-23(18-13-27(25,26)12-17(18)22)19(24)16-7-2-3-8-20-16/h2-8,17-18H,9-13H2,1H3. The lowest BCUT2D eigenvalue weighted by Gasteiger charge is -2.43. The van der Waals surface area contributed by atoms with Gasteiger partial charge >= 0.3 is 0 Å². The van der Waals surface area contributed by atoms with Gasteiger partial charge in [0.2, 0.25) is 0 Å². The molecule has 0 N–H and O–H groups in total. The van der Waals surface area contributed by atoms with E-state index < -0.39 is 9.84 Å². The zero-order chi connectivity index (χ0) is 19.0. The summed E-state index contributed by atoms with van der Waals surface area (Å²) in [6.45, 7) is 3.63. The highest BCUT2D eigenvalue weighted by molar-refractivity contribution is 7.91. The topological polar surface area (TPSA) is 83.5 Å². The van der Waals surface area contributed by atoms with E-state index >= 15 is 0 Å². The van der Waals surface area contributed by atoms with Crippen molar-refractivity contribution < 1.29 is 13.2 Å². The molecule has 0 saturated carbocycles. The number of pyridine rings is 2. The first-order valence-corrected chi connectivity index (χ1v) is 10.8. The van der Waals surface area contributed by atoms with Crippen LogP contribution in [-0.2, 0) is 16.4 Å². The molecule has 2 fully saturated rings. The molecule has 27 heavy (non-hydrogen) atoms. The summed E-state index contributed by atoms with van der Waals surface area (Å²) < 4.78 is 24.7. The zero-order valence-corrected chi connectivity index (χ0v) is 16.0. The molecule has 2 atom stereocenters. The lowest BCUT2D eigenvalue weighted by molar-refractivity contribution is 0.0298. The largest absolute Gasteiger partial charge is 0.330 e. The highest BCUT2D eigenvalue weighted by Crippen LogP contribution is 2.29. The van der Waals surface area contributed by atoms with Crippen LogP contribution in [0.2, 0.25) is 0 Å². The quantitative estimate of drug-likeness (QED) is 0.780. The summed E-state index contributed by atoms with van der Waals surface area (Å²) >= 11 is 0. The van der Waals surface area contributed by atoms with Gasteiger partial charge in [-0.05, 0) is 31.2 Å². The predicted octanol–water partition coefficient (Wildman–Crippen LogP) is 0.909. The van der Waals surface area contributed by atoms with E-state index in [9.17, 15) is 13.2 Å². The van der Waals surface area contributed by atoms with Crippen molar-refractivity contribution in [2.75, 3.05) is 24.6 Å². The molecule has 4 rings (SSSR count).